The molecule has 0 unspecified atom stereocenters. The van der Waals surface area contributed by atoms with Crippen molar-refractivity contribution >= 4 is 17.3 Å². The Morgan fingerprint density at radius 3 is 2.55 bits per heavy atom. The highest BCUT2D eigenvalue weighted by Gasteiger charge is 2.08. The fourth-order valence-electron chi connectivity index (χ4n) is 2.18. The largest absolute Gasteiger partial charge is 0.399 e. The Labute approximate surface area is 119 Å². The molecular formula is C17H20N2O. The summed E-state index contributed by atoms with van der Waals surface area (Å²) < 4.78 is 0. The van der Waals surface area contributed by atoms with E-state index in [4.69, 9.17) is 5.73 Å². The van der Waals surface area contributed by atoms with Crippen LogP contribution in [0, 0.1) is 20.8 Å². The molecule has 0 heterocycles. The summed E-state index contributed by atoms with van der Waals surface area (Å²) in [4.78, 5) is 12.1. The molecule has 3 nitrogen and oxygen atoms in total. The van der Waals surface area contributed by atoms with Gasteiger partial charge in [0.25, 0.3) is 0 Å². The van der Waals surface area contributed by atoms with Gasteiger partial charge in [0.1, 0.15) is 0 Å². The third-order valence-electron chi connectivity index (χ3n) is 3.33. The van der Waals surface area contributed by atoms with Crippen molar-refractivity contribution < 1.29 is 4.79 Å². The van der Waals surface area contributed by atoms with Gasteiger partial charge in [0.05, 0.1) is 6.42 Å². The highest BCUT2D eigenvalue weighted by atomic mass is 16.1. The lowest BCUT2D eigenvalue weighted by atomic mass is 10.1. The average Bonchev–Trinajstić information content (AvgIpc) is 2.36. The topological polar surface area (TPSA) is 55.1 Å². The smallest absolute Gasteiger partial charge is 0.228 e. The van der Waals surface area contributed by atoms with Gasteiger partial charge in [0.2, 0.25) is 5.91 Å². The van der Waals surface area contributed by atoms with E-state index in [-0.39, 0.29) is 5.91 Å². The number of carbonyl (C=O) groups is 1. The summed E-state index contributed by atoms with van der Waals surface area (Å²) in [6, 6.07) is 11.8. The molecule has 3 N–H and O–H groups in total. The first-order valence-electron chi connectivity index (χ1n) is 6.68. The Morgan fingerprint density at radius 1 is 1.10 bits per heavy atom. The van der Waals surface area contributed by atoms with Crippen LogP contribution in [0.4, 0.5) is 11.4 Å². The molecule has 0 aliphatic heterocycles. The second-order valence-corrected chi connectivity index (χ2v) is 5.24. The number of anilines is 2. The molecular weight excluding hydrogens is 248 g/mol. The maximum absolute atomic E-state index is 12.1. The minimum absolute atomic E-state index is 0.0112. The molecule has 2 aromatic carbocycles. The van der Waals surface area contributed by atoms with Crippen LogP contribution in [-0.2, 0) is 11.2 Å². The standard InChI is InChI=1S/C17H20N2O/c1-11-5-4-6-14(7-11)10-17(20)19-16-9-12(2)15(18)8-13(16)3/h4-9H,10,18H2,1-3H3,(H,19,20). The summed E-state index contributed by atoms with van der Waals surface area (Å²) in [5.74, 6) is -0.0112. The lowest BCUT2D eigenvalue weighted by molar-refractivity contribution is -0.115. The maximum atomic E-state index is 12.1. The van der Waals surface area contributed by atoms with Crippen molar-refractivity contribution in [1.82, 2.24) is 0 Å². The predicted octanol–water partition coefficient (Wildman–Crippen LogP) is 3.38. The summed E-state index contributed by atoms with van der Waals surface area (Å²) in [6.07, 6.45) is 0.380. The van der Waals surface area contributed by atoms with E-state index in [0.717, 1.165) is 33.6 Å². The first kappa shape index (κ1) is 14.1. The van der Waals surface area contributed by atoms with Crippen LogP contribution in [-0.4, -0.2) is 5.91 Å². The molecule has 0 saturated carbocycles. The zero-order chi connectivity index (χ0) is 14.7. The minimum Gasteiger partial charge on any atom is -0.399 e. The van der Waals surface area contributed by atoms with Crippen LogP contribution in [0.2, 0.25) is 0 Å². The van der Waals surface area contributed by atoms with E-state index in [1.807, 2.05) is 57.2 Å². The molecule has 104 valence electrons. The van der Waals surface area contributed by atoms with Crippen LogP contribution in [0.5, 0.6) is 0 Å². The molecule has 0 aromatic heterocycles. The van der Waals surface area contributed by atoms with E-state index in [9.17, 15) is 4.79 Å². The van der Waals surface area contributed by atoms with Gasteiger partial charge in [0.15, 0.2) is 0 Å². The van der Waals surface area contributed by atoms with Crippen molar-refractivity contribution in [2.24, 2.45) is 0 Å². The number of nitrogens with two attached hydrogens (primary N) is 1. The Morgan fingerprint density at radius 2 is 1.85 bits per heavy atom. The number of nitrogen functional groups attached to an aromatic ring is 1. The van der Waals surface area contributed by atoms with Gasteiger partial charge in [-0.25, -0.2) is 0 Å². The summed E-state index contributed by atoms with van der Waals surface area (Å²) >= 11 is 0. The Bertz CT molecular complexity index is 647. The van der Waals surface area contributed by atoms with Crippen LogP contribution >= 0.6 is 0 Å². The van der Waals surface area contributed by atoms with Crippen LogP contribution in [0.3, 0.4) is 0 Å². The van der Waals surface area contributed by atoms with Gasteiger partial charge in [-0.2, -0.15) is 0 Å². The quantitative estimate of drug-likeness (QED) is 0.838. The molecule has 0 radical (unpaired) electrons. The highest BCUT2D eigenvalue weighted by molar-refractivity contribution is 5.93. The molecule has 1 amide bonds. The second-order valence-electron chi connectivity index (χ2n) is 5.24. The summed E-state index contributed by atoms with van der Waals surface area (Å²) in [6.45, 7) is 5.90. The molecule has 0 fully saturated rings. The normalized spacial score (nSPS) is 10.3. The molecule has 0 atom stereocenters. The summed E-state index contributed by atoms with van der Waals surface area (Å²) in [7, 11) is 0. The van der Waals surface area contributed by atoms with Gasteiger partial charge in [-0.1, -0.05) is 29.8 Å². The first-order valence-corrected chi connectivity index (χ1v) is 6.68. The van der Waals surface area contributed by atoms with E-state index in [0.29, 0.717) is 6.42 Å². The van der Waals surface area contributed by atoms with E-state index < -0.39 is 0 Å². The predicted molar refractivity (Wildman–Crippen MR) is 83.8 cm³/mol. The van der Waals surface area contributed by atoms with E-state index in [2.05, 4.69) is 5.32 Å². The summed E-state index contributed by atoms with van der Waals surface area (Å²) in [5, 5.41) is 2.95. The third kappa shape index (κ3) is 3.38. The number of hydrogen-bond acceptors (Lipinski definition) is 2. The molecule has 0 bridgehead atoms. The first-order chi connectivity index (χ1) is 9.45. The zero-order valence-electron chi connectivity index (χ0n) is 12.2. The van der Waals surface area contributed by atoms with Crippen LogP contribution in [0.1, 0.15) is 22.3 Å². The molecule has 0 aliphatic carbocycles. The lowest BCUT2D eigenvalue weighted by Crippen LogP contribution is -2.15. The SMILES string of the molecule is Cc1cccc(CC(=O)Nc2cc(C)c(N)cc2C)c1. The van der Waals surface area contributed by atoms with Crippen LogP contribution < -0.4 is 11.1 Å². The molecule has 20 heavy (non-hydrogen) atoms. The highest BCUT2D eigenvalue weighted by Crippen LogP contribution is 2.22. The van der Waals surface area contributed by atoms with Crippen molar-refractivity contribution in [2.45, 2.75) is 27.2 Å². The third-order valence-corrected chi connectivity index (χ3v) is 3.33. The van der Waals surface area contributed by atoms with Crippen LogP contribution in [0.25, 0.3) is 0 Å². The van der Waals surface area contributed by atoms with Crippen molar-refractivity contribution in [1.29, 1.82) is 0 Å². The van der Waals surface area contributed by atoms with Gasteiger partial charge in [-0.3, -0.25) is 4.79 Å². The van der Waals surface area contributed by atoms with E-state index in [1.165, 1.54) is 0 Å². The molecule has 0 aliphatic rings. The molecule has 2 rings (SSSR count). The van der Waals surface area contributed by atoms with Gasteiger partial charge in [-0.05, 0) is 49.6 Å². The number of carbonyl (C=O) groups excluding carboxylic acids is 1. The van der Waals surface area contributed by atoms with Gasteiger partial charge < -0.3 is 11.1 Å². The molecule has 0 spiro atoms. The van der Waals surface area contributed by atoms with Gasteiger partial charge >= 0.3 is 0 Å². The van der Waals surface area contributed by atoms with Crippen molar-refractivity contribution in [3.63, 3.8) is 0 Å². The number of benzene rings is 2. The Balaban J connectivity index is 2.10. The van der Waals surface area contributed by atoms with Crippen molar-refractivity contribution in [3.05, 3.63) is 58.7 Å². The molecule has 3 heteroatoms. The number of aryl methyl sites for hydroxylation is 3. The lowest BCUT2D eigenvalue weighted by Gasteiger charge is -2.11. The Kier molecular flexibility index (Phi) is 4.08. The van der Waals surface area contributed by atoms with E-state index in [1.54, 1.807) is 0 Å². The number of nitrogens with one attached hydrogen (secondary N) is 1. The van der Waals surface area contributed by atoms with Gasteiger partial charge in [0, 0.05) is 11.4 Å². The van der Waals surface area contributed by atoms with Crippen molar-refractivity contribution in [3.8, 4) is 0 Å². The van der Waals surface area contributed by atoms with Gasteiger partial charge in [-0.15, -0.1) is 0 Å². The fourth-order valence-corrected chi connectivity index (χ4v) is 2.18. The molecule has 0 saturated heterocycles. The Hall–Kier alpha value is -2.29. The maximum Gasteiger partial charge on any atom is 0.228 e. The number of rotatable bonds is 3. The van der Waals surface area contributed by atoms with Crippen LogP contribution in [0.15, 0.2) is 36.4 Å². The fraction of sp³-hybridized carbons (Fsp3) is 0.235. The average molecular weight is 268 g/mol. The molecule has 2 aromatic rings. The number of amides is 1. The van der Waals surface area contributed by atoms with Crippen molar-refractivity contribution in [2.75, 3.05) is 11.1 Å². The second kappa shape index (κ2) is 5.78. The minimum atomic E-state index is -0.0112. The van der Waals surface area contributed by atoms with E-state index >= 15 is 0 Å². The monoisotopic (exact) mass is 268 g/mol. The number of hydrogen-bond donors (Lipinski definition) is 2. The summed E-state index contributed by atoms with van der Waals surface area (Å²) in [5.41, 5.74) is 11.6. The zero-order valence-corrected chi connectivity index (χ0v) is 12.2.